The van der Waals surface area contributed by atoms with Crippen molar-refractivity contribution in [1.29, 1.82) is 0 Å². The van der Waals surface area contributed by atoms with E-state index in [1.165, 1.54) is 0 Å². The Bertz CT molecular complexity index is 598. The van der Waals surface area contributed by atoms with Crippen molar-refractivity contribution >= 4 is 15.8 Å². The molecule has 0 bridgehead atoms. The minimum Gasteiger partial charge on any atom is -0.0889 e. The van der Waals surface area contributed by atoms with Crippen molar-refractivity contribution in [3.8, 4) is 0 Å². The van der Waals surface area contributed by atoms with Crippen molar-refractivity contribution in [2.24, 2.45) is 23.7 Å². The molecule has 0 spiro atoms. The van der Waals surface area contributed by atoms with Gasteiger partial charge in [-0.25, -0.2) is 0 Å². The normalized spacial score (nSPS) is 35.1. The fraction of sp³-hybridized carbons (Fsp3) is 1.00. The number of hydrogen-bond donors (Lipinski definition) is 0. The van der Waals surface area contributed by atoms with Gasteiger partial charge in [-0.05, 0) is 136 Å². The van der Waals surface area contributed by atoms with Gasteiger partial charge in [-0.15, -0.1) is 0 Å². The summed E-state index contributed by atoms with van der Waals surface area (Å²) in [6.07, 6.45) is 38.5. The minimum atomic E-state index is 0.168. The van der Waals surface area contributed by atoms with E-state index in [0.717, 1.165) is 38.9 Å². The third-order valence-corrected chi connectivity index (χ3v) is 23.5. The van der Waals surface area contributed by atoms with Gasteiger partial charge in [-0.1, -0.05) is 81.1 Å². The second kappa shape index (κ2) is 10.8. The topological polar surface area (TPSA) is 0 Å². The zero-order valence-electron chi connectivity index (χ0n) is 23.7. The van der Waals surface area contributed by atoms with E-state index in [1.807, 2.05) is 0 Å². The van der Waals surface area contributed by atoms with Crippen LogP contribution in [-0.4, -0.2) is 27.5 Å². The first kappa shape index (κ1) is 26.1. The van der Waals surface area contributed by atoms with E-state index in [2.05, 4.69) is 13.8 Å². The van der Waals surface area contributed by atoms with Crippen LogP contribution in [0.15, 0.2) is 0 Å². The molecule has 4 aliphatic carbocycles. The Morgan fingerprint density at radius 1 is 0.486 bits per heavy atom. The van der Waals surface area contributed by atoms with Gasteiger partial charge in [0.25, 0.3) is 0 Å². The number of rotatable bonds is 8. The van der Waals surface area contributed by atoms with E-state index in [0.29, 0.717) is 0 Å². The third-order valence-electron chi connectivity index (χ3n) is 13.3. The smallest absolute Gasteiger partial charge is 0.0111 e. The zero-order valence-corrected chi connectivity index (χ0v) is 25.5. The Morgan fingerprint density at radius 2 is 0.771 bits per heavy atom. The summed E-state index contributed by atoms with van der Waals surface area (Å²) < 4.78 is 0. The Hall–Kier alpha value is 0.860. The van der Waals surface area contributed by atoms with Crippen molar-refractivity contribution in [2.75, 3.05) is 12.3 Å². The molecule has 0 radical (unpaired) electrons. The first-order valence-corrected chi connectivity index (χ1v) is 19.8. The highest BCUT2D eigenvalue weighted by Crippen LogP contribution is 2.87. The molecular formula is C33H58P2. The summed E-state index contributed by atoms with van der Waals surface area (Å²) >= 11 is 0. The van der Waals surface area contributed by atoms with Crippen LogP contribution in [0.25, 0.3) is 0 Å². The summed E-state index contributed by atoms with van der Waals surface area (Å²) in [5.74, 6) is 4.51. The van der Waals surface area contributed by atoms with Crippen LogP contribution in [0.3, 0.4) is 0 Å². The first-order chi connectivity index (χ1) is 17.2. The standard InChI is InChI=1S/C33H58P2/c1-3-31(4-2,34-25-13-23-32(34,27-15-5-6-16-27)28-17-7-8-18-28)35-26-14-24-33(35,29-19-9-10-20-29)30-21-11-12-22-30/h27-30H,3-26H2,1-2H3. The highest BCUT2D eigenvalue weighted by atomic mass is 31.2. The van der Waals surface area contributed by atoms with Crippen LogP contribution in [0.1, 0.15) is 155 Å². The Labute approximate surface area is 221 Å². The maximum absolute atomic E-state index is 2.73. The van der Waals surface area contributed by atoms with E-state index < -0.39 is 0 Å². The highest BCUT2D eigenvalue weighted by Gasteiger charge is 2.65. The van der Waals surface area contributed by atoms with E-state index in [9.17, 15) is 0 Å². The molecule has 200 valence electrons. The van der Waals surface area contributed by atoms with Gasteiger partial charge in [0.2, 0.25) is 0 Å². The van der Waals surface area contributed by atoms with Gasteiger partial charge in [0.1, 0.15) is 0 Å². The van der Waals surface area contributed by atoms with Crippen LogP contribution in [0.5, 0.6) is 0 Å². The molecule has 35 heavy (non-hydrogen) atoms. The van der Waals surface area contributed by atoms with Crippen LogP contribution in [0.4, 0.5) is 0 Å². The summed E-state index contributed by atoms with van der Waals surface area (Å²) in [5, 5.41) is 1.63. The summed E-state index contributed by atoms with van der Waals surface area (Å²) in [6.45, 7) is 5.46. The SMILES string of the molecule is CCC(CC)(P1CCCC1(C1CCCC1)C1CCCC1)P1CCCC1(C1CCCC1)C1CCCC1. The first-order valence-electron chi connectivity index (χ1n) is 16.8. The molecule has 0 aromatic rings. The average Bonchev–Trinajstić information content (AvgIpc) is 3.74. The quantitative estimate of drug-likeness (QED) is 0.281. The molecule has 0 N–H and O–H groups in total. The summed E-state index contributed by atoms with van der Waals surface area (Å²) in [6, 6.07) is 0. The predicted octanol–water partition coefficient (Wildman–Crippen LogP) is 11.3. The van der Waals surface area contributed by atoms with Crippen molar-refractivity contribution in [2.45, 2.75) is 170 Å². The van der Waals surface area contributed by atoms with Gasteiger partial charge < -0.3 is 0 Å². The maximum Gasteiger partial charge on any atom is 0.0111 e. The lowest BCUT2D eigenvalue weighted by Crippen LogP contribution is -2.49. The van der Waals surface area contributed by atoms with Gasteiger partial charge in [0, 0.05) is 4.90 Å². The van der Waals surface area contributed by atoms with Gasteiger partial charge in [-0.3, -0.25) is 0 Å². The molecule has 2 unspecified atom stereocenters. The second-order valence-electron chi connectivity index (χ2n) is 14.1. The zero-order chi connectivity index (χ0) is 23.9. The molecule has 4 saturated carbocycles. The lowest BCUT2D eigenvalue weighted by molar-refractivity contribution is 0.252. The monoisotopic (exact) mass is 516 g/mol. The van der Waals surface area contributed by atoms with Crippen molar-refractivity contribution in [3.63, 3.8) is 0 Å². The molecule has 6 fully saturated rings. The lowest BCUT2D eigenvalue weighted by Gasteiger charge is -2.61. The van der Waals surface area contributed by atoms with E-state index in [4.69, 9.17) is 0 Å². The van der Waals surface area contributed by atoms with E-state index >= 15 is 0 Å². The van der Waals surface area contributed by atoms with Crippen LogP contribution in [0.2, 0.25) is 0 Å². The van der Waals surface area contributed by atoms with Crippen molar-refractivity contribution < 1.29 is 0 Å². The lowest BCUT2D eigenvalue weighted by atomic mass is 9.76. The Morgan fingerprint density at radius 3 is 1.03 bits per heavy atom. The van der Waals surface area contributed by atoms with Crippen molar-refractivity contribution in [1.82, 2.24) is 0 Å². The van der Waals surface area contributed by atoms with Crippen LogP contribution >= 0.6 is 15.8 Å². The van der Waals surface area contributed by atoms with Crippen molar-refractivity contribution in [3.05, 3.63) is 0 Å². The largest absolute Gasteiger partial charge is 0.0889 e. The molecular weight excluding hydrogens is 458 g/mol. The second-order valence-corrected chi connectivity index (χ2v) is 20.4. The van der Waals surface area contributed by atoms with Crippen LogP contribution in [-0.2, 0) is 0 Å². The molecule has 6 rings (SSSR count). The maximum atomic E-state index is 2.73. The third kappa shape index (κ3) is 4.01. The fourth-order valence-corrected chi connectivity index (χ4v) is 24.4. The molecule has 2 saturated heterocycles. The molecule has 2 heteroatoms. The van der Waals surface area contributed by atoms with Gasteiger partial charge in [0.05, 0.1) is 0 Å². The molecule has 0 amide bonds. The Balaban J connectivity index is 1.45. The fourth-order valence-electron chi connectivity index (χ4n) is 12.1. The number of hydrogen-bond acceptors (Lipinski definition) is 0. The van der Waals surface area contributed by atoms with E-state index in [1.54, 1.807) is 154 Å². The van der Waals surface area contributed by atoms with Crippen LogP contribution < -0.4 is 0 Å². The summed E-state index contributed by atoms with van der Waals surface area (Å²) in [5.41, 5.74) is 0. The molecule has 2 heterocycles. The highest BCUT2D eigenvalue weighted by molar-refractivity contribution is 7.79. The molecule has 0 aromatic heterocycles. The van der Waals surface area contributed by atoms with E-state index in [-0.39, 0.29) is 15.8 Å². The molecule has 6 aliphatic rings. The predicted molar refractivity (Wildman–Crippen MR) is 159 cm³/mol. The molecule has 2 atom stereocenters. The van der Waals surface area contributed by atoms with Crippen LogP contribution in [0, 0.1) is 23.7 Å². The average molecular weight is 517 g/mol. The minimum absolute atomic E-state index is 0.168. The van der Waals surface area contributed by atoms with Gasteiger partial charge in [0.15, 0.2) is 0 Å². The Kier molecular flexibility index (Phi) is 8.05. The van der Waals surface area contributed by atoms with Gasteiger partial charge >= 0.3 is 0 Å². The molecule has 0 aromatic carbocycles. The summed E-state index contributed by atoms with van der Waals surface area (Å²) in [7, 11) is 0.336. The summed E-state index contributed by atoms with van der Waals surface area (Å²) in [4.78, 5) is 0.772. The molecule has 0 nitrogen and oxygen atoms in total. The van der Waals surface area contributed by atoms with Gasteiger partial charge in [-0.2, -0.15) is 0 Å². The molecule has 2 aliphatic heterocycles.